The van der Waals surface area contributed by atoms with E-state index in [1.54, 1.807) is 6.26 Å². The highest BCUT2D eigenvalue weighted by Crippen LogP contribution is 2.40. The number of ether oxygens (including phenoxy) is 1. The van der Waals surface area contributed by atoms with Gasteiger partial charge in [-0.3, -0.25) is 9.69 Å². The molecule has 1 saturated carbocycles. The molecule has 1 N–H and O–H groups in total. The molecule has 122 valence electrons. The van der Waals surface area contributed by atoms with E-state index < -0.39 is 5.97 Å². The Bertz CT molecular complexity index is 719. The van der Waals surface area contributed by atoms with E-state index in [9.17, 15) is 4.79 Å². The molecule has 0 amide bonds. The van der Waals surface area contributed by atoms with Crippen LogP contribution >= 0.6 is 0 Å². The lowest BCUT2D eigenvalue weighted by Crippen LogP contribution is -2.58. The SMILES string of the molecule is O=C(O)CC1CN(Cc2ccc3occc3c2)CC2(CCC2)O1. The summed E-state index contributed by atoms with van der Waals surface area (Å²) < 4.78 is 11.5. The highest BCUT2D eigenvalue weighted by molar-refractivity contribution is 5.77. The van der Waals surface area contributed by atoms with E-state index in [1.165, 1.54) is 12.0 Å². The lowest BCUT2D eigenvalue weighted by Gasteiger charge is -2.51. The minimum atomic E-state index is -0.786. The fourth-order valence-corrected chi connectivity index (χ4v) is 3.83. The van der Waals surface area contributed by atoms with E-state index in [4.69, 9.17) is 14.3 Å². The van der Waals surface area contributed by atoms with Gasteiger partial charge >= 0.3 is 5.97 Å². The van der Waals surface area contributed by atoms with Crippen LogP contribution in [0, 0.1) is 0 Å². The summed E-state index contributed by atoms with van der Waals surface area (Å²) in [6.45, 7) is 2.40. The van der Waals surface area contributed by atoms with E-state index in [1.807, 2.05) is 12.1 Å². The van der Waals surface area contributed by atoms with Gasteiger partial charge in [-0.1, -0.05) is 6.07 Å². The Morgan fingerprint density at radius 1 is 1.35 bits per heavy atom. The monoisotopic (exact) mass is 315 g/mol. The predicted octanol–water partition coefficient (Wildman–Crippen LogP) is 3.03. The second-order valence-electron chi connectivity index (χ2n) is 6.84. The van der Waals surface area contributed by atoms with E-state index >= 15 is 0 Å². The van der Waals surface area contributed by atoms with Crippen LogP contribution in [0.5, 0.6) is 0 Å². The second-order valence-corrected chi connectivity index (χ2v) is 6.84. The Balaban J connectivity index is 1.50. The average Bonchev–Trinajstić information content (AvgIpc) is 2.92. The quantitative estimate of drug-likeness (QED) is 0.939. The first-order valence-corrected chi connectivity index (χ1v) is 8.20. The largest absolute Gasteiger partial charge is 0.481 e. The molecule has 0 bridgehead atoms. The highest BCUT2D eigenvalue weighted by Gasteiger charge is 2.45. The third kappa shape index (κ3) is 2.99. The number of hydrogen-bond acceptors (Lipinski definition) is 4. The third-order valence-electron chi connectivity index (χ3n) is 4.98. The number of hydrogen-bond donors (Lipinski definition) is 1. The maximum Gasteiger partial charge on any atom is 0.306 e. The molecule has 1 spiro atoms. The van der Waals surface area contributed by atoms with Gasteiger partial charge in [-0.05, 0) is 43.0 Å². The van der Waals surface area contributed by atoms with Crippen molar-refractivity contribution in [3.8, 4) is 0 Å². The minimum Gasteiger partial charge on any atom is -0.481 e. The first kappa shape index (κ1) is 14.7. The van der Waals surface area contributed by atoms with Crippen molar-refractivity contribution in [1.82, 2.24) is 4.90 Å². The Labute approximate surface area is 134 Å². The maximum absolute atomic E-state index is 11.1. The number of aliphatic carboxylic acids is 1. The van der Waals surface area contributed by atoms with Gasteiger partial charge in [-0.15, -0.1) is 0 Å². The molecular formula is C18H21NO4. The zero-order valence-electron chi connectivity index (χ0n) is 13.0. The van der Waals surface area contributed by atoms with Gasteiger partial charge in [0.15, 0.2) is 0 Å². The van der Waals surface area contributed by atoms with Gasteiger partial charge in [0.1, 0.15) is 5.58 Å². The maximum atomic E-state index is 11.1. The van der Waals surface area contributed by atoms with Gasteiger partial charge in [-0.2, -0.15) is 0 Å². The number of fused-ring (bicyclic) bond motifs is 1. The molecule has 1 aromatic heterocycles. The molecule has 2 aliphatic rings. The molecule has 1 saturated heterocycles. The molecular weight excluding hydrogens is 294 g/mol. The molecule has 1 atom stereocenters. The van der Waals surface area contributed by atoms with Gasteiger partial charge in [0.05, 0.1) is 24.4 Å². The lowest BCUT2D eigenvalue weighted by molar-refractivity contribution is -0.196. The van der Waals surface area contributed by atoms with Crippen LogP contribution in [0.25, 0.3) is 11.0 Å². The van der Waals surface area contributed by atoms with Crippen molar-refractivity contribution in [3.05, 3.63) is 36.1 Å². The topological polar surface area (TPSA) is 62.9 Å². The number of morpholine rings is 1. The van der Waals surface area contributed by atoms with Crippen LogP contribution in [-0.4, -0.2) is 40.8 Å². The van der Waals surface area contributed by atoms with Crippen LogP contribution in [0.2, 0.25) is 0 Å². The molecule has 2 aromatic rings. The summed E-state index contributed by atoms with van der Waals surface area (Å²) in [5.74, 6) is -0.786. The van der Waals surface area contributed by atoms with Crippen molar-refractivity contribution in [2.24, 2.45) is 0 Å². The van der Waals surface area contributed by atoms with Crippen LogP contribution < -0.4 is 0 Å². The molecule has 23 heavy (non-hydrogen) atoms. The minimum absolute atomic E-state index is 0.0824. The number of furan rings is 1. The summed E-state index contributed by atoms with van der Waals surface area (Å²) in [6, 6.07) is 8.20. The number of carboxylic acid groups (broad SMARTS) is 1. The lowest BCUT2D eigenvalue weighted by atomic mass is 9.78. The van der Waals surface area contributed by atoms with Crippen molar-refractivity contribution in [3.63, 3.8) is 0 Å². The normalized spacial score (nSPS) is 23.9. The first-order chi connectivity index (χ1) is 11.1. The molecule has 0 radical (unpaired) electrons. The van der Waals surface area contributed by atoms with Crippen LogP contribution in [0.4, 0.5) is 0 Å². The summed E-state index contributed by atoms with van der Waals surface area (Å²) in [5, 5.41) is 10.2. The molecule has 2 heterocycles. The van der Waals surface area contributed by atoms with E-state index in [0.29, 0.717) is 6.54 Å². The summed E-state index contributed by atoms with van der Waals surface area (Å²) in [5.41, 5.74) is 2.01. The summed E-state index contributed by atoms with van der Waals surface area (Å²) in [4.78, 5) is 13.4. The molecule has 1 aliphatic carbocycles. The van der Waals surface area contributed by atoms with E-state index in [-0.39, 0.29) is 18.1 Å². The Morgan fingerprint density at radius 2 is 2.22 bits per heavy atom. The Kier molecular flexibility index (Phi) is 3.62. The number of carbonyl (C=O) groups is 1. The average molecular weight is 315 g/mol. The Morgan fingerprint density at radius 3 is 2.96 bits per heavy atom. The number of nitrogens with zero attached hydrogens (tertiary/aromatic N) is 1. The summed E-state index contributed by atoms with van der Waals surface area (Å²) in [7, 11) is 0. The zero-order valence-corrected chi connectivity index (χ0v) is 13.0. The second kappa shape index (κ2) is 5.65. The smallest absolute Gasteiger partial charge is 0.306 e. The molecule has 5 nitrogen and oxygen atoms in total. The van der Waals surface area contributed by atoms with Crippen molar-refractivity contribution in [2.75, 3.05) is 13.1 Å². The van der Waals surface area contributed by atoms with Crippen molar-refractivity contribution in [1.29, 1.82) is 0 Å². The molecule has 1 unspecified atom stereocenters. The molecule has 5 heteroatoms. The first-order valence-electron chi connectivity index (χ1n) is 8.20. The number of carboxylic acids is 1. The molecule has 1 aromatic carbocycles. The van der Waals surface area contributed by atoms with Gasteiger partial charge < -0.3 is 14.3 Å². The Hall–Kier alpha value is -1.85. The van der Waals surface area contributed by atoms with Crippen LogP contribution in [-0.2, 0) is 16.1 Å². The summed E-state index contributed by atoms with van der Waals surface area (Å²) in [6.07, 6.45) is 4.84. The highest BCUT2D eigenvalue weighted by atomic mass is 16.5. The third-order valence-corrected chi connectivity index (χ3v) is 4.98. The van der Waals surface area contributed by atoms with Crippen molar-refractivity contribution >= 4 is 16.9 Å². The van der Waals surface area contributed by atoms with Crippen LogP contribution in [0.3, 0.4) is 0 Å². The fourth-order valence-electron chi connectivity index (χ4n) is 3.83. The standard InChI is InChI=1S/C18H21NO4/c20-17(21)9-15-11-19(12-18(23-15)5-1-6-18)10-13-2-3-16-14(8-13)4-7-22-16/h2-4,7-8,15H,1,5-6,9-12H2,(H,20,21). The van der Waals surface area contributed by atoms with Gasteiger partial charge in [0, 0.05) is 25.0 Å². The van der Waals surface area contributed by atoms with E-state index in [2.05, 4.69) is 17.0 Å². The van der Waals surface area contributed by atoms with Crippen molar-refractivity contribution < 1.29 is 19.1 Å². The van der Waals surface area contributed by atoms with Gasteiger partial charge in [0.25, 0.3) is 0 Å². The molecule has 2 fully saturated rings. The number of benzene rings is 1. The molecule has 4 rings (SSSR count). The zero-order chi connectivity index (χ0) is 15.9. The van der Waals surface area contributed by atoms with Gasteiger partial charge in [0.2, 0.25) is 0 Å². The van der Waals surface area contributed by atoms with Gasteiger partial charge in [-0.25, -0.2) is 0 Å². The van der Waals surface area contributed by atoms with Crippen LogP contribution in [0.15, 0.2) is 34.9 Å². The van der Waals surface area contributed by atoms with Crippen molar-refractivity contribution in [2.45, 2.75) is 43.9 Å². The van der Waals surface area contributed by atoms with E-state index in [0.717, 1.165) is 36.9 Å². The summed E-state index contributed by atoms with van der Waals surface area (Å²) >= 11 is 0. The predicted molar refractivity (Wildman–Crippen MR) is 85.2 cm³/mol. The van der Waals surface area contributed by atoms with Crippen LogP contribution in [0.1, 0.15) is 31.2 Å². The number of rotatable bonds is 4. The molecule has 1 aliphatic heterocycles. The fraction of sp³-hybridized carbons (Fsp3) is 0.500.